The van der Waals surface area contributed by atoms with Crippen LogP contribution in [0.4, 0.5) is 11.4 Å². The number of hydrogen-bond acceptors (Lipinski definition) is 8. The zero-order valence-corrected chi connectivity index (χ0v) is 28.7. The minimum atomic E-state index is -4.61. The minimum Gasteiger partial charge on any atom is -0.495 e. The molecule has 1 heterocycles. The molecule has 0 fully saturated rings. The van der Waals surface area contributed by atoms with E-state index in [2.05, 4.69) is 10.6 Å². The molecule has 4 rings (SSSR count). The maximum atomic E-state index is 14.6. The van der Waals surface area contributed by atoms with Gasteiger partial charge in [0.15, 0.2) is 0 Å². The minimum absolute atomic E-state index is 0.102. The number of fused-ring (bicyclic) bond motifs is 1. The van der Waals surface area contributed by atoms with E-state index >= 15 is 0 Å². The highest BCUT2D eigenvalue weighted by atomic mass is 35.5. The first kappa shape index (κ1) is 34.7. The molecule has 11 nitrogen and oxygen atoms in total. The molecule has 0 aromatic heterocycles. The van der Waals surface area contributed by atoms with Crippen LogP contribution in [0.15, 0.2) is 59.5 Å². The Hall–Kier alpha value is -4.13. The standard InChI is InChI=1S/C33H39ClN4O7S/c1-9-45-22-12-14-26-24(18-22)33(5,23-17-21(11-13-25(23)34)35-29(39)19-37(6)7)31(41)38(26)46(42,43)28-15-10-20(16-27(28)44-8)30(40)36-32(2,3)4/h10-18H,9,19H2,1-8H3,(H,35,39)(H,36,40). The summed E-state index contributed by atoms with van der Waals surface area (Å²) >= 11 is 6.71. The largest absolute Gasteiger partial charge is 0.495 e. The van der Waals surface area contributed by atoms with Crippen molar-refractivity contribution in [3.63, 3.8) is 0 Å². The van der Waals surface area contributed by atoms with E-state index in [0.29, 0.717) is 23.6 Å². The first-order valence-corrected chi connectivity index (χ1v) is 16.4. The van der Waals surface area contributed by atoms with Crippen molar-refractivity contribution in [2.24, 2.45) is 0 Å². The Morgan fingerprint density at radius 3 is 2.33 bits per heavy atom. The number of ether oxygens (including phenoxy) is 2. The van der Waals surface area contributed by atoms with Crippen LogP contribution >= 0.6 is 11.6 Å². The number of rotatable bonds is 10. The number of carbonyl (C=O) groups excluding carboxylic acids is 3. The van der Waals surface area contributed by atoms with Crippen LogP contribution in [-0.4, -0.2) is 70.9 Å². The molecule has 2 N–H and O–H groups in total. The number of amides is 3. The fraction of sp³-hybridized carbons (Fsp3) is 0.364. The zero-order chi connectivity index (χ0) is 34.2. The van der Waals surface area contributed by atoms with Gasteiger partial charge in [0.1, 0.15) is 21.8 Å². The van der Waals surface area contributed by atoms with E-state index in [1.54, 1.807) is 56.3 Å². The van der Waals surface area contributed by atoms with Gasteiger partial charge in [-0.3, -0.25) is 14.4 Å². The molecule has 246 valence electrons. The molecule has 1 atom stereocenters. The summed E-state index contributed by atoms with van der Waals surface area (Å²) in [5.74, 6) is -1.18. The summed E-state index contributed by atoms with van der Waals surface area (Å²) in [6, 6.07) is 13.4. The highest BCUT2D eigenvalue weighted by molar-refractivity contribution is 7.93. The van der Waals surface area contributed by atoms with Gasteiger partial charge in [0, 0.05) is 27.4 Å². The van der Waals surface area contributed by atoms with Crippen molar-refractivity contribution in [1.29, 1.82) is 0 Å². The van der Waals surface area contributed by atoms with Gasteiger partial charge in [-0.15, -0.1) is 0 Å². The van der Waals surface area contributed by atoms with Crippen LogP contribution in [0.2, 0.25) is 5.02 Å². The van der Waals surface area contributed by atoms with Gasteiger partial charge in [0.25, 0.3) is 21.8 Å². The van der Waals surface area contributed by atoms with Crippen molar-refractivity contribution in [2.45, 2.75) is 50.5 Å². The van der Waals surface area contributed by atoms with Gasteiger partial charge in [-0.25, -0.2) is 12.7 Å². The Morgan fingerprint density at radius 1 is 1.02 bits per heavy atom. The third-order valence-corrected chi connectivity index (χ3v) is 9.40. The second-order valence-corrected chi connectivity index (χ2v) is 14.5. The van der Waals surface area contributed by atoms with Crippen molar-refractivity contribution in [3.8, 4) is 11.5 Å². The number of carbonyl (C=O) groups is 3. The average molecular weight is 671 g/mol. The summed E-state index contributed by atoms with van der Waals surface area (Å²) in [4.78, 5) is 41.4. The molecule has 46 heavy (non-hydrogen) atoms. The van der Waals surface area contributed by atoms with Gasteiger partial charge in [-0.2, -0.15) is 0 Å². The normalized spacial score (nSPS) is 16.3. The molecule has 13 heteroatoms. The van der Waals surface area contributed by atoms with Crippen molar-refractivity contribution >= 4 is 50.7 Å². The number of benzene rings is 3. The van der Waals surface area contributed by atoms with Gasteiger partial charge < -0.3 is 25.0 Å². The molecular formula is C33H39ClN4O7S. The van der Waals surface area contributed by atoms with Gasteiger partial charge in [0.2, 0.25) is 5.91 Å². The summed E-state index contributed by atoms with van der Waals surface area (Å²) in [6.07, 6.45) is 0. The van der Waals surface area contributed by atoms with Gasteiger partial charge >= 0.3 is 0 Å². The molecule has 0 bridgehead atoms. The second-order valence-electron chi connectivity index (χ2n) is 12.4. The maximum Gasteiger partial charge on any atom is 0.274 e. The smallest absolute Gasteiger partial charge is 0.274 e. The van der Waals surface area contributed by atoms with Crippen LogP contribution in [0.1, 0.15) is 56.1 Å². The van der Waals surface area contributed by atoms with Crippen LogP contribution < -0.4 is 24.4 Å². The maximum absolute atomic E-state index is 14.6. The van der Waals surface area contributed by atoms with Crippen LogP contribution in [0, 0.1) is 0 Å². The summed E-state index contributed by atoms with van der Waals surface area (Å²) in [5.41, 5.74) is -0.847. The van der Waals surface area contributed by atoms with E-state index < -0.39 is 32.8 Å². The van der Waals surface area contributed by atoms with Crippen LogP contribution in [0.3, 0.4) is 0 Å². The van der Waals surface area contributed by atoms with E-state index in [1.807, 2.05) is 27.7 Å². The Bertz CT molecular complexity index is 1800. The number of methoxy groups -OCH3 is 1. The molecule has 3 aromatic rings. The van der Waals surface area contributed by atoms with E-state index in [9.17, 15) is 22.8 Å². The highest BCUT2D eigenvalue weighted by Crippen LogP contribution is 2.51. The summed E-state index contributed by atoms with van der Waals surface area (Å²) in [7, 11) is 0.193. The number of anilines is 2. The molecule has 0 aliphatic carbocycles. The third-order valence-electron chi connectivity index (χ3n) is 7.33. The van der Waals surface area contributed by atoms with Crippen LogP contribution in [-0.2, 0) is 25.0 Å². The quantitative estimate of drug-likeness (QED) is 0.314. The summed E-state index contributed by atoms with van der Waals surface area (Å²) < 4.78 is 40.7. The highest BCUT2D eigenvalue weighted by Gasteiger charge is 2.54. The molecule has 0 spiro atoms. The molecule has 0 saturated heterocycles. The monoisotopic (exact) mass is 670 g/mol. The number of nitrogens with one attached hydrogen (secondary N) is 2. The van der Waals surface area contributed by atoms with Crippen LogP contribution in [0.5, 0.6) is 11.5 Å². The van der Waals surface area contributed by atoms with Crippen LogP contribution in [0.25, 0.3) is 0 Å². The lowest BCUT2D eigenvalue weighted by Crippen LogP contribution is -2.42. The fourth-order valence-electron chi connectivity index (χ4n) is 5.28. The molecule has 1 aliphatic heterocycles. The Kier molecular flexibility index (Phi) is 9.77. The molecule has 3 amide bonds. The average Bonchev–Trinajstić information content (AvgIpc) is 3.19. The lowest BCUT2D eigenvalue weighted by molar-refractivity contribution is -0.120. The van der Waals surface area contributed by atoms with E-state index in [-0.39, 0.29) is 44.9 Å². The fourth-order valence-corrected chi connectivity index (χ4v) is 7.24. The van der Waals surface area contributed by atoms with Crippen molar-refractivity contribution < 1.29 is 32.3 Å². The topological polar surface area (TPSA) is 134 Å². The number of hydrogen-bond donors (Lipinski definition) is 2. The van der Waals surface area contributed by atoms with Crippen molar-refractivity contribution in [2.75, 3.05) is 44.0 Å². The molecular weight excluding hydrogens is 632 g/mol. The molecule has 0 saturated carbocycles. The molecule has 0 radical (unpaired) electrons. The second kappa shape index (κ2) is 12.9. The van der Waals surface area contributed by atoms with E-state index in [0.717, 1.165) is 4.31 Å². The van der Waals surface area contributed by atoms with Gasteiger partial charge in [-0.1, -0.05) is 11.6 Å². The first-order chi connectivity index (χ1) is 21.4. The predicted octanol–water partition coefficient (Wildman–Crippen LogP) is 4.82. The SMILES string of the molecule is CCOc1ccc2c(c1)C(C)(c1cc(NC(=O)CN(C)C)ccc1Cl)C(=O)N2S(=O)(=O)c1ccc(C(=O)NC(C)(C)C)cc1OC. The Labute approximate surface area is 274 Å². The zero-order valence-electron chi connectivity index (χ0n) is 27.1. The van der Waals surface area contributed by atoms with Crippen molar-refractivity contribution in [1.82, 2.24) is 10.2 Å². The summed E-state index contributed by atoms with van der Waals surface area (Å²) in [6.45, 7) is 9.33. The van der Waals surface area contributed by atoms with Crippen molar-refractivity contribution in [3.05, 3.63) is 76.3 Å². The first-order valence-electron chi connectivity index (χ1n) is 14.6. The van der Waals surface area contributed by atoms with Gasteiger partial charge in [-0.05, 0) is 109 Å². The van der Waals surface area contributed by atoms with Gasteiger partial charge in [0.05, 0.1) is 25.9 Å². The number of sulfonamides is 1. The lowest BCUT2D eigenvalue weighted by atomic mass is 9.77. The third kappa shape index (κ3) is 6.69. The number of halogens is 1. The lowest BCUT2D eigenvalue weighted by Gasteiger charge is -2.27. The predicted molar refractivity (Wildman–Crippen MR) is 178 cm³/mol. The Morgan fingerprint density at radius 2 is 1.72 bits per heavy atom. The molecule has 1 unspecified atom stereocenters. The molecule has 3 aromatic carbocycles. The summed E-state index contributed by atoms with van der Waals surface area (Å²) in [5, 5.41) is 5.84. The Balaban J connectivity index is 1.88. The van der Waals surface area contributed by atoms with E-state index in [1.165, 1.54) is 31.4 Å². The number of nitrogens with zero attached hydrogens (tertiary/aromatic N) is 2. The number of likely N-dealkylation sites (N-methyl/N-ethyl adjacent to an activating group) is 1. The molecule has 1 aliphatic rings. The van der Waals surface area contributed by atoms with E-state index in [4.69, 9.17) is 21.1 Å².